The van der Waals surface area contributed by atoms with Crippen molar-refractivity contribution in [2.45, 2.75) is 26.3 Å². The quantitative estimate of drug-likeness (QED) is 0.333. The van der Waals surface area contributed by atoms with Gasteiger partial charge in [0.2, 0.25) is 0 Å². The number of esters is 1. The summed E-state index contributed by atoms with van der Waals surface area (Å²) in [6, 6.07) is 6.66. The lowest BCUT2D eigenvalue weighted by molar-refractivity contribution is -0.149. The predicted octanol–water partition coefficient (Wildman–Crippen LogP) is 2.79. The number of nitrogens with one attached hydrogen (secondary N) is 1. The number of hydrogen-bond donors (Lipinski definition) is 1. The fourth-order valence-electron chi connectivity index (χ4n) is 2.77. The normalized spacial score (nSPS) is 17.9. The molecule has 0 spiro atoms. The Morgan fingerprint density at radius 3 is 2.88 bits per heavy atom. The zero-order valence-electron chi connectivity index (χ0n) is 14.1. The molecule has 134 valence electrons. The summed E-state index contributed by atoms with van der Waals surface area (Å²) in [5.41, 5.74) is 0.590. The van der Waals surface area contributed by atoms with Crippen molar-refractivity contribution in [2.75, 3.05) is 26.7 Å². The predicted molar refractivity (Wildman–Crippen MR) is 103 cm³/mol. The Morgan fingerprint density at radius 1 is 1.46 bits per heavy atom. The number of nitrogens with zero attached hydrogens (tertiary/aromatic N) is 2. The third-order valence-electron chi connectivity index (χ3n) is 3.95. The van der Waals surface area contributed by atoms with Crippen LogP contribution >= 0.6 is 24.0 Å². The second-order valence-corrected chi connectivity index (χ2v) is 5.53. The molecule has 1 N–H and O–H groups in total. The van der Waals surface area contributed by atoms with Crippen LogP contribution in [0.25, 0.3) is 0 Å². The van der Waals surface area contributed by atoms with Crippen molar-refractivity contribution >= 4 is 35.9 Å². The lowest BCUT2D eigenvalue weighted by Crippen LogP contribution is -2.48. The highest BCUT2D eigenvalue weighted by Crippen LogP contribution is 2.18. The van der Waals surface area contributed by atoms with E-state index < -0.39 is 0 Å². The monoisotopic (exact) mass is 449 g/mol. The van der Waals surface area contributed by atoms with Crippen molar-refractivity contribution in [2.24, 2.45) is 10.9 Å². The summed E-state index contributed by atoms with van der Waals surface area (Å²) in [5.74, 6) is 0.165. The molecule has 24 heavy (non-hydrogen) atoms. The molecule has 0 bridgehead atoms. The van der Waals surface area contributed by atoms with E-state index in [0.29, 0.717) is 31.2 Å². The number of carbonyl (C=O) groups excluding carboxylic acids is 1. The maximum atomic E-state index is 13.7. The maximum Gasteiger partial charge on any atom is 0.310 e. The topological polar surface area (TPSA) is 53.9 Å². The molecule has 2 rings (SSSR count). The van der Waals surface area contributed by atoms with Gasteiger partial charge in [0.1, 0.15) is 5.82 Å². The van der Waals surface area contributed by atoms with Crippen molar-refractivity contribution in [1.29, 1.82) is 0 Å². The van der Waals surface area contributed by atoms with Gasteiger partial charge in [0, 0.05) is 32.2 Å². The van der Waals surface area contributed by atoms with Gasteiger partial charge in [-0.15, -0.1) is 24.0 Å². The van der Waals surface area contributed by atoms with Gasteiger partial charge in [0.25, 0.3) is 0 Å². The zero-order valence-corrected chi connectivity index (χ0v) is 16.5. The van der Waals surface area contributed by atoms with Crippen LogP contribution in [0.5, 0.6) is 0 Å². The molecule has 0 amide bonds. The number of rotatable bonds is 4. The Labute approximate surface area is 159 Å². The first-order chi connectivity index (χ1) is 11.2. The number of ether oxygens (including phenoxy) is 1. The number of hydrogen-bond acceptors (Lipinski definition) is 3. The lowest BCUT2D eigenvalue weighted by Gasteiger charge is -2.34. The van der Waals surface area contributed by atoms with Crippen molar-refractivity contribution in [3.8, 4) is 0 Å². The van der Waals surface area contributed by atoms with Crippen molar-refractivity contribution in [1.82, 2.24) is 10.2 Å². The SMILES string of the molecule is CCOC(=O)C1CCCN(C(=NC)NCc2ccccc2F)C1.I. The maximum absolute atomic E-state index is 13.7. The first-order valence-corrected chi connectivity index (χ1v) is 8.01. The second-order valence-electron chi connectivity index (χ2n) is 5.53. The molecule has 0 aliphatic carbocycles. The number of piperidine rings is 1. The van der Waals surface area contributed by atoms with Gasteiger partial charge in [0.05, 0.1) is 12.5 Å². The third-order valence-corrected chi connectivity index (χ3v) is 3.95. The van der Waals surface area contributed by atoms with Crippen LogP contribution in [-0.4, -0.2) is 43.6 Å². The van der Waals surface area contributed by atoms with Gasteiger partial charge in [0.15, 0.2) is 5.96 Å². The molecule has 0 radical (unpaired) electrons. The summed E-state index contributed by atoms with van der Waals surface area (Å²) < 4.78 is 18.8. The second kappa shape index (κ2) is 10.5. The summed E-state index contributed by atoms with van der Waals surface area (Å²) in [6.45, 7) is 3.98. The molecule has 7 heteroatoms. The number of carbonyl (C=O) groups is 1. The van der Waals surface area contributed by atoms with E-state index in [4.69, 9.17) is 4.74 Å². The molecule has 1 saturated heterocycles. The molecule has 1 aromatic rings. The van der Waals surface area contributed by atoms with Crippen LogP contribution in [-0.2, 0) is 16.1 Å². The summed E-state index contributed by atoms with van der Waals surface area (Å²) in [6.07, 6.45) is 1.74. The minimum atomic E-state index is -0.238. The van der Waals surface area contributed by atoms with E-state index in [1.165, 1.54) is 6.07 Å². The highest BCUT2D eigenvalue weighted by molar-refractivity contribution is 14.0. The molecule has 0 aromatic heterocycles. The Hall–Kier alpha value is -1.38. The number of halogens is 2. The van der Waals surface area contributed by atoms with E-state index in [0.717, 1.165) is 19.4 Å². The van der Waals surface area contributed by atoms with Gasteiger partial charge in [-0.1, -0.05) is 18.2 Å². The first-order valence-electron chi connectivity index (χ1n) is 8.01. The van der Waals surface area contributed by atoms with Crippen molar-refractivity contribution < 1.29 is 13.9 Å². The molecule has 0 saturated carbocycles. The Balaban J connectivity index is 0.00000288. The standard InChI is InChI=1S/C17H24FN3O2.HI/c1-3-23-16(22)14-8-6-10-21(12-14)17(19-2)20-11-13-7-4-5-9-15(13)18;/h4-5,7,9,14H,3,6,8,10-12H2,1-2H3,(H,19,20);1H. The van der Waals surface area contributed by atoms with E-state index in [2.05, 4.69) is 10.3 Å². The average Bonchev–Trinajstić information content (AvgIpc) is 2.57. The number of guanidine groups is 1. The molecule has 1 aromatic carbocycles. The van der Waals surface area contributed by atoms with Crippen LogP contribution in [0.15, 0.2) is 29.3 Å². The van der Waals surface area contributed by atoms with E-state index in [9.17, 15) is 9.18 Å². The van der Waals surface area contributed by atoms with Crippen LogP contribution in [0.3, 0.4) is 0 Å². The largest absolute Gasteiger partial charge is 0.466 e. The Bertz CT molecular complexity index is 569. The smallest absolute Gasteiger partial charge is 0.310 e. The Kier molecular flexibility index (Phi) is 9.02. The summed E-state index contributed by atoms with van der Waals surface area (Å²) in [4.78, 5) is 18.2. The fraction of sp³-hybridized carbons (Fsp3) is 0.529. The van der Waals surface area contributed by atoms with Gasteiger partial charge in [-0.05, 0) is 25.8 Å². The highest BCUT2D eigenvalue weighted by atomic mass is 127. The minimum absolute atomic E-state index is 0. The summed E-state index contributed by atoms with van der Waals surface area (Å²) in [5, 5.41) is 3.17. The Morgan fingerprint density at radius 2 is 2.21 bits per heavy atom. The van der Waals surface area contributed by atoms with Crippen molar-refractivity contribution in [3.05, 3.63) is 35.6 Å². The molecule has 1 unspecified atom stereocenters. The molecule has 1 aliphatic rings. The van der Waals surface area contributed by atoms with Crippen molar-refractivity contribution in [3.63, 3.8) is 0 Å². The van der Waals surface area contributed by atoms with Crippen LogP contribution in [0.2, 0.25) is 0 Å². The zero-order chi connectivity index (χ0) is 16.7. The fourth-order valence-corrected chi connectivity index (χ4v) is 2.77. The minimum Gasteiger partial charge on any atom is -0.466 e. The van der Waals surface area contributed by atoms with Gasteiger partial charge < -0.3 is 15.0 Å². The third kappa shape index (κ3) is 5.61. The van der Waals surface area contributed by atoms with E-state index in [1.807, 2.05) is 11.8 Å². The molecular formula is C17H25FIN3O2. The molecule has 1 fully saturated rings. The van der Waals surface area contributed by atoms with E-state index in [1.54, 1.807) is 25.2 Å². The average molecular weight is 449 g/mol. The first kappa shape index (κ1) is 20.7. The van der Waals surface area contributed by atoms with Gasteiger partial charge in [-0.25, -0.2) is 4.39 Å². The van der Waals surface area contributed by atoms with Gasteiger partial charge >= 0.3 is 5.97 Å². The van der Waals surface area contributed by atoms with Crippen LogP contribution in [0.1, 0.15) is 25.3 Å². The number of aliphatic imine (C=N–C) groups is 1. The van der Waals surface area contributed by atoms with E-state index in [-0.39, 0.29) is 41.7 Å². The molecule has 1 atom stereocenters. The highest BCUT2D eigenvalue weighted by Gasteiger charge is 2.28. The lowest BCUT2D eigenvalue weighted by atomic mass is 9.98. The number of likely N-dealkylation sites (tertiary alicyclic amines) is 1. The van der Waals surface area contributed by atoms with Crippen LogP contribution in [0, 0.1) is 11.7 Å². The summed E-state index contributed by atoms with van der Waals surface area (Å²) in [7, 11) is 1.69. The molecular weight excluding hydrogens is 424 g/mol. The van der Waals surface area contributed by atoms with E-state index >= 15 is 0 Å². The van der Waals surface area contributed by atoms with Crippen LogP contribution < -0.4 is 5.32 Å². The molecule has 5 nitrogen and oxygen atoms in total. The van der Waals surface area contributed by atoms with Gasteiger partial charge in [-0.3, -0.25) is 9.79 Å². The number of benzene rings is 1. The van der Waals surface area contributed by atoms with Crippen LogP contribution in [0.4, 0.5) is 4.39 Å². The molecule has 1 aliphatic heterocycles. The molecule has 1 heterocycles. The van der Waals surface area contributed by atoms with Gasteiger partial charge in [-0.2, -0.15) is 0 Å². The summed E-state index contributed by atoms with van der Waals surface area (Å²) >= 11 is 0.